The van der Waals surface area contributed by atoms with E-state index in [0.29, 0.717) is 23.5 Å². The second kappa shape index (κ2) is 7.85. The summed E-state index contributed by atoms with van der Waals surface area (Å²) in [6.45, 7) is 2.51. The topological polar surface area (TPSA) is 81.9 Å². The van der Waals surface area contributed by atoms with Crippen LogP contribution in [0, 0.1) is 6.92 Å². The van der Waals surface area contributed by atoms with Gasteiger partial charge in [-0.1, -0.05) is 36.4 Å². The Bertz CT molecular complexity index is 1470. The number of carbonyl (C=O) groups is 1. The quantitative estimate of drug-likeness (QED) is 0.431. The van der Waals surface area contributed by atoms with Crippen molar-refractivity contribution in [2.45, 2.75) is 19.9 Å². The van der Waals surface area contributed by atoms with Gasteiger partial charge in [-0.25, -0.2) is 4.79 Å². The van der Waals surface area contributed by atoms with Crippen molar-refractivity contribution in [3.05, 3.63) is 94.2 Å². The zero-order valence-electron chi connectivity index (χ0n) is 17.8. The van der Waals surface area contributed by atoms with Gasteiger partial charge < -0.3 is 14.3 Å². The van der Waals surface area contributed by atoms with E-state index in [9.17, 15) is 9.59 Å². The molecule has 5 rings (SSSR count). The lowest BCUT2D eigenvalue weighted by molar-refractivity contribution is 0.0600. The van der Waals surface area contributed by atoms with E-state index in [0.717, 1.165) is 17.5 Å². The molecule has 0 spiro atoms. The van der Waals surface area contributed by atoms with Crippen molar-refractivity contribution in [3.8, 4) is 16.9 Å². The monoisotopic (exact) mass is 426 g/mol. The largest absolute Gasteiger partial charge is 0.465 e. The van der Waals surface area contributed by atoms with Gasteiger partial charge in [0.05, 0.1) is 18.4 Å². The molecule has 0 aliphatic carbocycles. The number of hydrogen-bond donors (Lipinski definition) is 1. The number of aromatic amines is 1. The summed E-state index contributed by atoms with van der Waals surface area (Å²) in [5.41, 5.74) is 4.60. The van der Waals surface area contributed by atoms with E-state index in [1.807, 2.05) is 60.2 Å². The van der Waals surface area contributed by atoms with Gasteiger partial charge in [0, 0.05) is 36.0 Å². The number of H-pyrrole nitrogens is 1. The Morgan fingerprint density at radius 2 is 1.88 bits per heavy atom. The summed E-state index contributed by atoms with van der Waals surface area (Å²) in [7, 11) is 1.33. The minimum absolute atomic E-state index is 0.263. The molecule has 3 heterocycles. The molecule has 2 aromatic carbocycles. The van der Waals surface area contributed by atoms with Crippen molar-refractivity contribution in [1.29, 1.82) is 0 Å². The first-order valence-electron chi connectivity index (χ1n) is 10.4. The molecule has 2 aliphatic rings. The zero-order valence-corrected chi connectivity index (χ0v) is 17.8. The minimum atomic E-state index is -0.522. The Hall–Kier alpha value is -4.13. The summed E-state index contributed by atoms with van der Waals surface area (Å²) in [6.07, 6.45) is 6.21. The molecular weight excluding hydrogens is 404 g/mol. The van der Waals surface area contributed by atoms with Gasteiger partial charge in [-0.2, -0.15) is 9.78 Å². The molecule has 3 aromatic rings. The maximum absolute atomic E-state index is 13.2. The molecule has 160 valence electrons. The van der Waals surface area contributed by atoms with Crippen LogP contribution < -0.4 is 5.56 Å². The van der Waals surface area contributed by atoms with E-state index in [4.69, 9.17) is 4.74 Å². The van der Waals surface area contributed by atoms with E-state index < -0.39 is 5.97 Å². The van der Waals surface area contributed by atoms with E-state index in [1.54, 1.807) is 12.4 Å². The van der Waals surface area contributed by atoms with Crippen LogP contribution in [0.4, 0.5) is 0 Å². The lowest BCUT2D eigenvalue weighted by atomic mass is 10.1. The highest BCUT2D eigenvalue weighted by molar-refractivity contribution is 5.96. The highest BCUT2D eigenvalue weighted by atomic mass is 16.5. The Morgan fingerprint density at radius 1 is 1.09 bits per heavy atom. The van der Waals surface area contributed by atoms with E-state index >= 15 is 0 Å². The summed E-state index contributed by atoms with van der Waals surface area (Å²) in [5, 5.41) is 5.66. The summed E-state index contributed by atoms with van der Waals surface area (Å²) >= 11 is 0. The smallest absolute Gasteiger partial charge is 0.341 e. The van der Waals surface area contributed by atoms with Gasteiger partial charge in [-0.05, 0) is 36.6 Å². The van der Waals surface area contributed by atoms with Crippen LogP contribution in [0.15, 0.2) is 71.9 Å². The number of rotatable bonds is 5. The number of pyridine rings is 1. The van der Waals surface area contributed by atoms with Crippen molar-refractivity contribution in [2.24, 2.45) is 0 Å². The Labute approximate surface area is 184 Å². The number of methoxy groups -OCH3 is 1. The summed E-state index contributed by atoms with van der Waals surface area (Å²) < 4.78 is 8.20. The first-order valence-corrected chi connectivity index (χ1v) is 10.4. The standard InChI is InChI=1S/C25H22N4O3/c1-16-7-3-6-10-22(16)29-24(30)19-14-28(15-20(23(19)27-29)25(31)32-2)12-11-17-13-26-21-9-5-4-8-18(17)21/h3-10,13-15,26H,11-12H2,1-2H3. The van der Waals surface area contributed by atoms with Gasteiger partial charge >= 0.3 is 5.97 Å². The number of benzene rings is 2. The van der Waals surface area contributed by atoms with Crippen LogP contribution in [0.5, 0.6) is 0 Å². The lowest BCUT2D eigenvalue weighted by Crippen LogP contribution is -2.16. The van der Waals surface area contributed by atoms with Crippen LogP contribution in [0.1, 0.15) is 21.5 Å². The number of ether oxygens (including phenoxy) is 1. The molecule has 1 N–H and O–H groups in total. The highest BCUT2D eigenvalue weighted by Crippen LogP contribution is 2.25. The van der Waals surface area contributed by atoms with Gasteiger partial charge in [0.15, 0.2) is 0 Å². The molecule has 0 saturated carbocycles. The van der Waals surface area contributed by atoms with Crippen LogP contribution in [-0.4, -0.2) is 32.4 Å². The lowest BCUT2D eigenvalue weighted by Gasteiger charge is -2.11. The zero-order chi connectivity index (χ0) is 22.2. The predicted octanol–water partition coefficient (Wildman–Crippen LogP) is 3.96. The van der Waals surface area contributed by atoms with Gasteiger partial charge in [0.2, 0.25) is 0 Å². The Balaban J connectivity index is 1.59. The molecule has 2 aliphatic heterocycles. The fraction of sp³-hybridized carbons (Fsp3) is 0.160. The van der Waals surface area contributed by atoms with Crippen molar-refractivity contribution in [2.75, 3.05) is 7.11 Å². The molecule has 7 heteroatoms. The van der Waals surface area contributed by atoms with E-state index in [1.165, 1.54) is 22.7 Å². The number of nitrogens with one attached hydrogen (secondary N) is 1. The number of aryl methyl sites for hydroxylation is 3. The average Bonchev–Trinajstić information content (AvgIpc) is 3.38. The number of para-hydroxylation sites is 2. The maximum atomic E-state index is 13.2. The van der Waals surface area contributed by atoms with Gasteiger partial charge in [-0.15, -0.1) is 0 Å². The molecule has 0 atom stereocenters. The second-order valence-corrected chi connectivity index (χ2v) is 7.78. The van der Waals surface area contributed by atoms with E-state index in [2.05, 4.69) is 16.1 Å². The molecule has 0 saturated heterocycles. The molecule has 0 bridgehead atoms. The normalized spacial score (nSPS) is 11.3. The second-order valence-electron chi connectivity index (χ2n) is 7.78. The molecule has 7 nitrogen and oxygen atoms in total. The van der Waals surface area contributed by atoms with Crippen LogP contribution in [-0.2, 0) is 17.7 Å². The van der Waals surface area contributed by atoms with Crippen molar-refractivity contribution in [1.82, 2.24) is 19.3 Å². The molecule has 0 radical (unpaired) electrons. The van der Waals surface area contributed by atoms with Crippen molar-refractivity contribution >= 4 is 16.9 Å². The molecule has 0 amide bonds. The van der Waals surface area contributed by atoms with Crippen LogP contribution in [0.25, 0.3) is 27.8 Å². The number of esters is 1. The molecule has 32 heavy (non-hydrogen) atoms. The number of nitrogens with zero attached hydrogens (tertiary/aromatic N) is 3. The molecule has 0 unspecified atom stereocenters. The third-order valence-electron chi connectivity index (χ3n) is 5.79. The average molecular weight is 426 g/mol. The maximum Gasteiger partial charge on any atom is 0.341 e. The predicted molar refractivity (Wildman–Crippen MR) is 123 cm³/mol. The third kappa shape index (κ3) is 3.28. The van der Waals surface area contributed by atoms with Crippen molar-refractivity contribution < 1.29 is 9.53 Å². The van der Waals surface area contributed by atoms with E-state index in [-0.39, 0.29) is 11.1 Å². The Kier molecular flexibility index (Phi) is 4.86. The fourth-order valence-electron chi connectivity index (χ4n) is 4.10. The van der Waals surface area contributed by atoms with Crippen molar-refractivity contribution in [3.63, 3.8) is 0 Å². The number of aromatic nitrogens is 4. The van der Waals surface area contributed by atoms with Gasteiger partial charge in [0.25, 0.3) is 5.56 Å². The summed E-state index contributed by atoms with van der Waals surface area (Å²) in [6, 6.07) is 15.7. The molecule has 0 fully saturated rings. The minimum Gasteiger partial charge on any atom is -0.465 e. The first-order chi connectivity index (χ1) is 15.6. The number of fused-ring (bicyclic) bond motifs is 2. The molecular formula is C25H22N4O3. The summed E-state index contributed by atoms with van der Waals surface area (Å²) in [4.78, 5) is 29.0. The number of hydrogen-bond acceptors (Lipinski definition) is 4. The molecule has 1 aromatic heterocycles. The van der Waals surface area contributed by atoms with Crippen LogP contribution >= 0.6 is 0 Å². The first kappa shape index (κ1) is 19.8. The SMILES string of the molecule is COC(=O)c1cn(CCc2c[nH]c3ccccc23)cc2c(=O)n(-c3ccccc3C)nc1-2. The number of carbonyl (C=O) groups excluding carboxylic acids is 1. The van der Waals surface area contributed by atoms with Gasteiger partial charge in [0.1, 0.15) is 11.3 Å². The fourth-order valence-corrected chi connectivity index (χ4v) is 4.10. The highest BCUT2D eigenvalue weighted by Gasteiger charge is 2.25. The van der Waals surface area contributed by atoms with Crippen LogP contribution in [0.2, 0.25) is 0 Å². The summed E-state index contributed by atoms with van der Waals surface area (Å²) in [5.74, 6) is -0.522. The third-order valence-corrected chi connectivity index (χ3v) is 5.79. The van der Waals surface area contributed by atoms with Gasteiger partial charge in [-0.3, -0.25) is 4.79 Å². The Morgan fingerprint density at radius 3 is 2.69 bits per heavy atom. The van der Waals surface area contributed by atoms with Crippen LogP contribution in [0.3, 0.4) is 0 Å².